The van der Waals surface area contributed by atoms with Gasteiger partial charge in [-0.2, -0.15) is 4.39 Å². The highest BCUT2D eigenvalue weighted by Gasteiger charge is 2.13. The molecule has 16 heavy (non-hydrogen) atoms. The van der Waals surface area contributed by atoms with Gasteiger partial charge in [-0.05, 0) is 26.0 Å². The third-order valence-electron chi connectivity index (χ3n) is 1.86. The average molecular weight is 225 g/mol. The molecule has 0 amide bonds. The van der Waals surface area contributed by atoms with E-state index in [1.54, 1.807) is 0 Å². The molecule has 1 rings (SSSR count). The molecule has 0 heterocycles. The zero-order chi connectivity index (χ0) is 12.1. The molecule has 86 valence electrons. The Morgan fingerprint density at radius 1 is 1.56 bits per heavy atom. The van der Waals surface area contributed by atoms with Crippen molar-refractivity contribution in [1.29, 1.82) is 0 Å². The van der Waals surface area contributed by atoms with Crippen LogP contribution in [0.2, 0.25) is 0 Å². The van der Waals surface area contributed by atoms with E-state index in [2.05, 4.69) is 0 Å². The molecular formula is C11H12FNO3. The van der Waals surface area contributed by atoms with E-state index in [9.17, 15) is 14.5 Å². The number of hydrogen-bond donors (Lipinski definition) is 0. The molecule has 0 atom stereocenters. The molecule has 1 aromatic carbocycles. The van der Waals surface area contributed by atoms with Gasteiger partial charge < -0.3 is 4.74 Å². The van der Waals surface area contributed by atoms with Crippen LogP contribution in [0.1, 0.15) is 13.8 Å². The summed E-state index contributed by atoms with van der Waals surface area (Å²) >= 11 is 0. The SMILES string of the molecule is CC(C)=CCOc1ccc([N+](=O)[O-])c(F)c1. The second-order valence-corrected chi connectivity index (χ2v) is 3.46. The van der Waals surface area contributed by atoms with E-state index in [-0.39, 0.29) is 5.75 Å². The monoisotopic (exact) mass is 225 g/mol. The normalized spacial score (nSPS) is 9.69. The van der Waals surface area contributed by atoms with E-state index in [1.165, 1.54) is 6.07 Å². The smallest absolute Gasteiger partial charge is 0.305 e. The molecule has 5 heteroatoms. The zero-order valence-corrected chi connectivity index (χ0v) is 9.07. The number of nitrogens with zero attached hydrogens (tertiary/aromatic N) is 1. The third-order valence-corrected chi connectivity index (χ3v) is 1.86. The first-order chi connectivity index (χ1) is 7.50. The lowest BCUT2D eigenvalue weighted by Crippen LogP contribution is -1.97. The molecule has 1 aromatic rings. The molecule has 0 aromatic heterocycles. The van der Waals surface area contributed by atoms with Crippen LogP contribution in [0, 0.1) is 15.9 Å². The van der Waals surface area contributed by atoms with Gasteiger partial charge in [0.15, 0.2) is 0 Å². The molecule has 0 aliphatic heterocycles. The second-order valence-electron chi connectivity index (χ2n) is 3.46. The maximum atomic E-state index is 13.1. The van der Waals surface area contributed by atoms with Gasteiger partial charge in [0.1, 0.15) is 12.4 Å². The lowest BCUT2D eigenvalue weighted by atomic mass is 10.3. The molecule has 0 saturated carbocycles. The van der Waals surface area contributed by atoms with Crippen molar-refractivity contribution in [3.63, 3.8) is 0 Å². The first kappa shape index (κ1) is 12.2. The van der Waals surface area contributed by atoms with Gasteiger partial charge in [0.05, 0.1) is 4.92 Å². The molecule has 0 fully saturated rings. The topological polar surface area (TPSA) is 52.4 Å². The standard InChI is InChI=1S/C11H12FNO3/c1-8(2)5-6-16-9-3-4-11(13(14)15)10(12)7-9/h3-5,7H,6H2,1-2H3. The largest absolute Gasteiger partial charge is 0.489 e. The quantitative estimate of drug-likeness (QED) is 0.449. The van der Waals surface area contributed by atoms with Crippen LogP contribution in [0.25, 0.3) is 0 Å². The number of nitro benzene ring substituents is 1. The maximum Gasteiger partial charge on any atom is 0.305 e. The van der Waals surface area contributed by atoms with Crippen LogP contribution in [-0.2, 0) is 0 Å². The minimum absolute atomic E-state index is 0.278. The highest BCUT2D eigenvalue weighted by molar-refractivity contribution is 5.38. The molecular weight excluding hydrogens is 213 g/mol. The summed E-state index contributed by atoms with van der Waals surface area (Å²) in [6.07, 6.45) is 1.83. The molecule has 4 nitrogen and oxygen atoms in total. The summed E-state index contributed by atoms with van der Waals surface area (Å²) < 4.78 is 18.3. The highest BCUT2D eigenvalue weighted by atomic mass is 19.1. The van der Waals surface area contributed by atoms with Crippen molar-refractivity contribution in [3.05, 3.63) is 45.8 Å². The predicted molar refractivity (Wildman–Crippen MR) is 58.0 cm³/mol. The average Bonchev–Trinajstić information content (AvgIpc) is 2.16. The fraction of sp³-hybridized carbons (Fsp3) is 0.273. The zero-order valence-electron chi connectivity index (χ0n) is 9.07. The van der Waals surface area contributed by atoms with Crippen LogP contribution in [-0.4, -0.2) is 11.5 Å². The third kappa shape index (κ3) is 3.34. The van der Waals surface area contributed by atoms with Crippen LogP contribution in [0.4, 0.5) is 10.1 Å². The van der Waals surface area contributed by atoms with Crippen molar-refractivity contribution >= 4 is 5.69 Å². The Morgan fingerprint density at radius 2 is 2.25 bits per heavy atom. The summed E-state index contributed by atoms with van der Waals surface area (Å²) in [7, 11) is 0. The number of halogens is 1. The Labute approximate surface area is 92.5 Å². The molecule has 0 radical (unpaired) electrons. The Morgan fingerprint density at radius 3 is 2.75 bits per heavy atom. The van der Waals surface area contributed by atoms with Crippen LogP contribution < -0.4 is 4.74 Å². The molecule has 0 bridgehead atoms. The highest BCUT2D eigenvalue weighted by Crippen LogP contribution is 2.22. The number of nitro groups is 1. The van der Waals surface area contributed by atoms with Crippen molar-refractivity contribution in [2.75, 3.05) is 6.61 Å². The number of benzene rings is 1. The predicted octanol–water partition coefficient (Wildman–Crippen LogP) is 3.08. The van der Waals surface area contributed by atoms with E-state index in [1.807, 2.05) is 19.9 Å². The molecule has 0 unspecified atom stereocenters. The van der Waals surface area contributed by atoms with Gasteiger partial charge in [0.2, 0.25) is 5.82 Å². The number of rotatable bonds is 4. The first-order valence-corrected chi connectivity index (χ1v) is 4.71. The number of hydrogen-bond acceptors (Lipinski definition) is 3. The van der Waals surface area contributed by atoms with Crippen LogP contribution in [0.5, 0.6) is 5.75 Å². The summed E-state index contributed by atoms with van der Waals surface area (Å²) in [5.74, 6) is -0.611. The van der Waals surface area contributed by atoms with Crippen molar-refractivity contribution < 1.29 is 14.1 Å². The number of ether oxygens (including phenoxy) is 1. The molecule has 0 aliphatic rings. The lowest BCUT2D eigenvalue weighted by Gasteiger charge is -2.03. The Kier molecular flexibility index (Phi) is 3.99. The van der Waals surface area contributed by atoms with Gasteiger partial charge in [-0.15, -0.1) is 0 Å². The minimum Gasteiger partial charge on any atom is -0.489 e. The van der Waals surface area contributed by atoms with Gasteiger partial charge in [-0.3, -0.25) is 10.1 Å². The van der Waals surface area contributed by atoms with Crippen LogP contribution in [0.3, 0.4) is 0 Å². The first-order valence-electron chi connectivity index (χ1n) is 4.71. The summed E-state index contributed by atoms with van der Waals surface area (Å²) in [5.41, 5.74) is 0.539. The van der Waals surface area contributed by atoms with E-state index in [0.29, 0.717) is 6.61 Å². The second kappa shape index (κ2) is 5.25. The summed E-state index contributed by atoms with van der Waals surface area (Å²) in [6, 6.07) is 3.48. The number of allylic oxidation sites excluding steroid dienone is 1. The lowest BCUT2D eigenvalue weighted by molar-refractivity contribution is -0.387. The molecule has 0 N–H and O–H groups in total. The molecule has 0 saturated heterocycles. The molecule has 0 spiro atoms. The summed E-state index contributed by atoms with van der Waals surface area (Å²) in [4.78, 5) is 9.58. The van der Waals surface area contributed by atoms with Gasteiger partial charge in [-0.1, -0.05) is 5.57 Å². The van der Waals surface area contributed by atoms with Crippen molar-refractivity contribution in [2.45, 2.75) is 13.8 Å². The summed E-state index contributed by atoms with van der Waals surface area (Å²) in [6.45, 7) is 4.15. The fourth-order valence-electron chi connectivity index (χ4n) is 1.03. The van der Waals surface area contributed by atoms with E-state index in [4.69, 9.17) is 4.74 Å². The van der Waals surface area contributed by atoms with Crippen molar-refractivity contribution in [2.24, 2.45) is 0 Å². The van der Waals surface area contributed by atoms with Crippen LogP contribution in [0.15, 0.2) is 29.8 Å². The fourth-order valence-corrected chi connectivity index (χ4v) is 1.03. The van der Waals surface area contributed by atoms with Crippen molar-refractivity contribution in [3.8, 4) is 5.75 Å². The minimum atomic E-state index is -0.889. The van der Waals surface area contributed by atoms with E-state index >= 15 is 0 Å². The maximum absolute atomic E-state index is 13.1. The Balaban J connectivity index is 2.74. The van der Waals surface area contributed by atoms with Gasteiger partial charge in [-0.25, -0.2) is 0 Å². The van der Waals surface area contributed by atoms with Crippen LogP contribution >= 0.6 is 0 Å². The van der Waals surface area contributed by atoms with E-state index < -0.39 is 16.4 Å². The Hall–Kier alpha value is -1.91. The van der Waals surface area contributed by atoms with Crippen molar-refractivity contribution in [1.82, 2.24) is 0 Å². The Bertz CT molecular complexity index is 425. The molecule has 0 aliphatic carbocycles. The van der Waals surface area contributed by atoms with E-state index in [0.717, 1.165) is 17.7 Å². The van der Waals surface area contributed by atoms with Gasteiger partial charge >= 0.3 is 5.69 Å². The van der Waals surface area contributed by atoms with Gasteiger partial charge in [0, 0.05) is 12.1 Å². The van der Waals surface area contributed by atoms with Gasteiger partial charge in [0.25, 0.3) is 0 Å². The summed E-state index contributed by atoms with van der Waals surface area (Å²) in [5, 5.41) is 10.4.